The van der Waals surface area contributed by atoms with Crippen LogP contribution in [0.4, 0.5) is 0 Å². The molecule has 1 aliphatic rings. The van der Waals surface area contributed by atoms with Gasteiger partial charge in [0.1, 0.15) is 0 Å². The van der Waals surface area contributed by atoms with Crippen LogP contribution in [0.5, 0.6) is 0 Å². The van der Waals surface area contributed by atoms with Gasteiger partial charge in [-0.15, -0.1) is 0 Å². The highest BCUT2D eigenvalue weighted by molar-refractivity contribution is 5.86. The first-order chi connectivity index (χ1) is 8.49. The Morgan fingerprint density at radius 2 is 2.17 bits per heavy atom. The molecule has 1 saturated carbocycles. The van der Waals surface area contributed by atoms with Crippen molar-refractivity contribution in [2.75, 3.05) is 20.2 Å². The summed E-state index contributed by atoms with van der Waals surface area (Å²) >= 11 is 0. The number of carbonyl (C=O) groups is 1. The molecule has 1 amide bonds. The first-order valence-corrected chi connectivity index (χ1v) is 7.15. The van der Waals surface area contributed by atoms with E-state index in [4.69, 9.17) is 10.8 Å². The van der Waals surface area contributed by atoms with Gasteiger partial charge in [0.05, 0.1) is 5.54 Å². The highest BCUT2D eigenvalue weighted by Crippen LogP contribution is 2.31. The van der Waals surface area contributed by atoms with Gasteiger partial charge < -0.3 is 15.7 Å². The SMILES string of the molecule is CC1CCCC(N)(C(=O)N(C)CCCCCO)C1. The molecule has 0 bridgehead atoms. The maximum atomic E-state index is 12.4. The smallest absolute Gasteiger partial charge is 0.242 e. The number of aliphatic hydroxyl groups is 1. The van der Waals surface area contributed by atoms with Crippen LogP contribution in [0.25, 0.3) is 0 Å². The van der Waals surface area contributed by atoms with Gasteiger partial charge in [-0.25, -0.2) is 0 Å². The fraction of sp³-hybridized carbons (Fsp3) is 0.929. The van der Waals surface area contributed by atoms with Crippen molar-refractivity contribution >= 4 is 5.91 Å². The number of carbonyl (C=O) groups excluding carboxylic acids is 1. The predicted molar refractivity (Wildman–Crippen MR) is 73.1 cm³/mol. The van der Waals surface area contributed by atoms with Crippen LogP contribution in [0.15, 0.2) is 0 Å². The van der Waals surface area contributed by atoms with Crippen molar-refractivity contribution in [2.45, 2.75) is 57.4 Å². The zero-order valence-electron chi connectivity index (χ0n) is 11.8. The summed E-state index contributed by atoms with van der Waals surface area (Å²) in [7, 11) is 1.84. The first kappa shape index (κ1) is 15.4. The zero-order chi connectivity index (χ0) is 13.6. The van der Waals surface area contributed by atoms with Gasteiger partial charge in [-0.3, -0.25) is 4.79 Å². The van der Waals surface area contributed by atoms with Gasteiger partial charge in [0.2, 0.25) is 5.91 Å². The molecule has 1 fully saturated rings. The normalized spacial score (nSPS) is 28.1. The van der Waals surface area contributed by atoms with E-state index in [1.807, 2.05) is 7.05 Å². The summed E-state index contributed by atoms with van der Waals surface area (Å²) < 4.78 is 0. The summed E-state index contributed by atoms with van der Waals surface area (Å²) in [6.07, 6.45) is 6.58. The summed E-state index contributed by atoms with van der Waals surface area (Å²) in [4.78, 5) is 14.2. The van der Waals surface area contributed by atoms with Crippen LogP contribution >= 0.6 is 0 Å². The van der Waals surface area contributed by atoms with E-state index >= 15 is 0 Å². The van der Waals surface area contributed by atoms with Crippen molar-refractivity contribution < 1.29 is 9.90 Å². The van der Waals surface area contributed by atoms with E-state index < -0.39 is 5.54 Å². The van der Waals surface area contributed by atoms with Crippen LogP contribution in [0, 0.1) is 5.92 Å². The molecule has 3 N–H and O–H groups in total. The number of aliphatic hydroxyl groups excluding tert-OH is 1. The molecule has 2 unspecified atom stereocenters. The van der Waals surface area contributed by atoms with Crippen molar-refractivity contribution in [3.05, 3.63) is 0 Å². The summed E-state index contributed by atoms with van der Waals surface area (Å²) in [5.41, 5.74) is 5.66. The molecular weight excluding hydrogens is 228 g/mol. The molecule has 0 aliphatic heterocycles. The molecular formula is C14H28N2O2. The largest absolute Gasteiger partial charge is 0.396 e. The highest BCUT2D eigenvalue weighted by atomic mass is 16.2. The number of nitrogens with zero attached hydrogens (tertiary/aromatic N) is 1. The third-order valence-electron chi connectivity index (χ3n) is 3.96. The Morgan fingerprint density at radius 3 is 2.78 bits per heavy atom. The van der Waals surface area contributed by atoms with Gasteiger partial charge in [0.15, 0.2) is 0 Å². The molecule has 4 nitrogen and oxygen atoms in total. The van der Waals surface area contributed by atoms with Gasteiger partial charge in [0, 0.05) is 20.2 Å². The lowest BCUT2D eigenvalue weighted by atomic mass is 9.76. The van der Waals surface area contributed by atoms with Crippen molar-refractivity contribution in [1.29, 1.82) is 0 Å². The van der Waals surface area contributed by atoms with E-state index in [1.165, 1.54) is 6.42 Å². The molecule has 2 atom stereocenters. The van der Waals surface area contributed by atoms with Crippen molar-refractivity contribution in [1.82, 2.24) is 4.90 Å². The molecule has 1 aliphatic carbocycles. The van der Waals surface area contributed by atoms with Crippen LogP contribution in [-0.2, 0) is 4.79 Å². The molecule has 0 spiro atoms. The van der Waals surface area contributed by atoms with Crippen LogP contribution in [0.3, 0.4) is 0 Å². The number of amides is 1. The average Bonchev–Trinajstić information content (AvgIpc) is 2.33. The monoisotopic (exact) mass is 256 g/mol. The van der Waals surface area contributed by atoms with E-state index in [-0.39, 0.29) is 12.5 Å². The Kier molecular flexibility index (Phi) is 6.09. The lowest BCUT2D eigenvalue weighted by molar-refractivity contribution is -0.137. The Labute approximate surface area is 111 Å². The lowest BCUT2D eigenvalue weighted by Gasteiger charge is -2.38. The standard InChI is InChI=1S/C14H28N2O2/c1-12-7-6-8-14(15,11-12)13(18)16(2)9-4-3-5-10-17/h12,17H,3-11,15H2,1-2H3. The Balaban J connectivity index is 2.41. The predicted octanol–water partition coefficient (Wildman–Crippen LogP) is 1.51. The van der Waals surface area contributed by atoms with Crippen LogP contribution in [-0.4, -0.2) is 41.7 Å². The van der Waals surface area contributed by atoms with Crippen LogP contribution in [0.1, 0.15) is 51.9 Å². The molecule has 0 radical (unpaired) electrons. The maximum Gasteiger partial charge on any atom is 0.242 e. The molecule has 4 heteroatoms. The number of rotatable bonds is 6. The molecule has 0 saturated heterocycles. The second-order valence-electron chi connectivity index (χ2n) is 5.87. The van der Waals surface area contributed by atoms with E-state index in [1.54, 1.807) is 4.90 Å². The molecule has 106 valence electrons. The number of hydrogen-bond acceptors (Lipinski definition) is 3. The minimum atomic E-state index is -0.636. The summed E-state index contributed by atoms with van der Waals surface area (Å²) in [6.45, 7) is 3.15. The van der Waals surface area contributed by atoms with Crippen molar-refractivity contribution in [3.63, 3.8) is 0 Å². The Bertz CT molecular complexity index is 271. The van der Waals surface area contributed by atoms with E-state index in [2.05, 4.69) is 6.92 Å². The average molecular weight is 256 g/mol. The summed E-state index contributed by atoms with van der Waals surface area (Å²) in [6, 6.07) is 0. The highest BCUT2D eigenvalue weighted by Gasteiger charge is 2.39. The van der Waals surface area contributed by atoms with E-state index in [0.717, 1.165) is 45.1 Å². The van der Waals surface area contributed by atoms with Gasteiger partial charge >= 0.3 is 0 Å². The van der Waals surface area contributed by atoms with Crippen LogP contribution < -0.4 is 5.73 Å². The van der Waals surface area contributed by atoms with Crippen LogP contribution in [0.2, 0.25) is 0 Å². The van der Waals surface area contributed by atoms with E-state index in [9.17, 15) is 4.79 Å². The molecule has 18 heavy (non-hydrogen) atoms. The van der Waals surface area contributed by atoms with Crippen molar-refractivity contribution in [2.24, 2.45) is 11.7 Å². The summed E-state index contributed by atoms with van der Waals surface area (Å²) in [5, 5.41) is 8.71. The molecule has 0 aromatic carbocycles. The van der Waals surface area contributed by atoms with Gasteiger partial charge in [-0.1, -0.05) is 19.8 Å². The second kappa shape index (κ2) is 7.10. The molecule has 0 heterocycles. The van der Waals surface area contributed by atoms with Gasteiger partial charge in [-0.2, -0.15) is 0 Å². The lowest BCUT2D eigenvalue weighted by Crippen LogP contribution is -2.56. The van der Waals surface area contributed by atoms with Crippen molar-refractivity contribution in [3.8, 4) is 0 Å². The molecule has 0 aromatic rings. The Morgan fingerprint density at radius 1 is 1.44 bits per heavy atom. The molecule has 1 rings (SSSR count). The second-order valence-corrected chi connectivity index (χ2v) is 5.87. The number of nitrogens with two attached hydrogens (primary N) is 1. The Hall–Kier alpha value is -0.610. The first-order valence-electron chi connectivity index (χ1n) is 7.15. The summed E-state index contributed by atoms with van der Waals surface area (Å²) in [5.74, 6) is 0.647. The topological polar surface area (TPSA) is 66.6 Å². The third-order valence-corrected chi connectivity index (χ3v) is 3.96. The minimum Gasteiger partial charge on any atom is -0.396 e. The zero-order valence-corrected chi connectivity index (χ0v) is 11.8. The van der Waals surface area contributed by atoms with Gasteiger partial charge in [0.25, 0.3) is 0 Å². The minimum absolute atomic E-state index is 0.0954. The maximum absolute atomic E-state index is 12.4. The number of unbranched alkanes of at least 4 members (excludes halogenated alkanes) is 2. The number of hydrogen-bond donors (Lipinski definition) is 2. The molecule has 0 aromatic heterocycles. The fourth-order valence-electron chi connectivity index (χ4n) is 2.91. The van der Waals surface area contributed by atoms with E-state index in [0.29, 0.717) is 5.92 Å². The van der Waals surface area contributed by atoms with Gasteiger partial charge in [-0.05, 0) is 38.0 Å². The third kappa shape index (κ3) is 4.25. The fourth-order valence-corrected chi connectivity index (χ4v) is 2.91. The quantitative estimate of drug-likeness (QED) is 0.708. The number of likely N-dealkylation sites (N-methyl/N-ethyl adjacent to an activating group) is 1.